The van der Waals surface area contributed by atoms with Gasteiger partial charge in [0, 0.05) is 18.0 Å². The predicted molar refractivity (Wildman–Crippen MR) is 169 cm³/mol. The summed E-state index contributed by atoms with van der Waals surface area (Å²) in [6.45, 7) is 8.32. The summed E-state index contributed by atoms with van der Waals surface area (Å²) in [5, 5.41) is 2.94. The Morgan fingerprint density at radius 2 is 1.57 bits per heavy atom. The third-order valence-corrected chi connectivity index (χ3v) is 9.16. The molecule has 226 valence electrons. The molecule has 0 spiro atoms. The summed E-state index contributed by atoms with van der Waals surface area (Å²) >= 11 is 1.51. The van der Waals surface area contributed by atoms with Gasteiger partial charge in [-0.2, -0.15) is 0 Å². The lowest BCUT2D eigenvalue weighted by molar-refractivity contribution is -0.140. The molecular weight excluding hydrogens is 571 g/mol. The van der Waals surface area contributed by atoms with Crippen molar-refractivity contribution in [1.82, 2.24) is 10.2 Å². The van der Waals surface area contributed by atoms with Crippen LogP contribution >= 0.6 is 11.8 Å². The van der Waals surface area contributed by atoms with Gasteiger partial charge in [0.1, 0.15) is 18.3 Å². The number of amides is 2. The highest BCUT2D eigenvalue weighted by molar-refractivity contribution is 7.98. The summed E-state index contributed by atoms with van der Waals surface area (Å²) in [5.74, 6) is 0.0811. The Hall–Kier alpha value is -3.50. The molecular formula is C32H41N3O5S2. The van der Waals surface area contributed by atoms with E-state index >= 15 is 0 Å². The van der Waals surface area contributed by atoms with Crippen LogP contribution < -0.4 is 14.4 Å². The van der Waals surface area contributed by atoms with Crippen molar-refractivity contribution in [2.45, 2.75) is 56.5 Å². The van der Waals surface area contributed by atoms with Crippen LogP contribution in [-0.2, 0) is 26.2 Å². The van der Waals surface area contributed by atoms with E-state index in [4.69, 9.17) is 4.74 Å². The summed E-state index contributed by atoms with van der Waals surface area (Å²) in [5.41, 5.74) is 1.15. The maximum atomic E-state index is 14.1. The van der Waals surface area contributed by atoms with Crippen LogP contribution in [0.25, 0.3) is 0 Å². The monoisotopic (exact) mass is 611 g/mol. The van der Waals surface area contributed by atoms with E-state index in [0.717, 1.165) is 14.8 Å². The molecule has 0 heterocycles. The first kappa shape index (κ1) is 33.0. The Morgan fingerprint density at radius 3 is 2.12 bits per heavy atom. The summed E-state index contributed by atoms with van der Waals surface area (Å²) < 4.78 is 34.7. The number of hydrogen-bond acceptors (Lipinski definition) is 6. The topological polar surface area (TPSA) is 96.0 Å². The fourth-order valence-corrected chi connectivity index (χ4v) is 6.22. The molecule has 2 amide bonds. The van der Waals surface area contributed by atoms with Gasteiger partial charge in [0.15, 0.2) is 0 Å². The van der Waals surface area contributed by atoms with E-state index in [0.29, 0.717) is 31.0 Å². The number of nitrogens with zero attached hydrogens (tertiary/aromatic N) is 2. The number of sulfonamides is 1. The molecule has 1 unspecified atom stereocenters. The molecule has 0 radical (unpaired) electrons. The number of ether oxygens (including phenoxy) is 1. The molecule has 0 aliphatic carbocycles. The number of benzene rings is 3. The van der Waals surface area contributed by atoms with E-state index in [1.54, 1.807) is 48.5 Å². The molecule has 0 saturated heterocycles. The molecule has 0 aromatic heterocycles. The first-order valence-electron chi connectivity index (χ1n) is 14.1. The minimum atomic E-state index is -4.14. The van der Waals surface area contributed by atoms with Gasteiger partial charge < -0.3 is 15.0 Å². The Morgan fingerprint density at radius 1 is 0.929 bits per heavy atom. The van der Waals surface area contributed by atoms with Crippen molar-refractivity contribution in [2.24, 2.45) is 5.92 Å². The first-order chi connectivity index (χ1) is 20.1. The van der Waals surface area contributed by atoms with E-state index in [1.807, 2.05) is 64.3 Å². The van der Waals surface area contributed by atoms with E-state index in [1.165, 1.54) is 16.7 Å². The Labute approximate surface area is 254 Å². The van der Waals surface area contributed by atoms with Gasteiger partial charge >= 0.3 is 0 Å². The molecule has 0 bridgehead atoms. The van der Waals surface area contributed by atoms with E-state index < -0.39 is 28.5 Å². The van der Waals surface area contributed by atoms with Gasteiger partial charge in [-0.3, -0.25) is 13.9 Å². The first-order valence-corrected chi connectivity index (χ1v) is 16.8. The zero-order chi connectivity index (χ0) is 30.7. The standard InChI is InChI=1S/C32H41N3O5S2/c1-6-30(32(37)33-21-24(3)4)34(22-25-11-9-8-10-12-25)31(36)23-35(26-13-15-27(16-14-26)40-7-2)42(38,39)29-19-17-28(41-5)18-20-29/h8-20,24,30H,6-7,21-23H2,1-5H3,(H,33,37). The molecule has 3 aromatic carbocycles. The molecule has 3 rings (SSSR count). The Balaban J connectivity index is 2.04. The van der Waals surface area contributed by atoms with Crippen molar-refractivity contribution in [2.75, 3.05) is 30.3 Å². The molecule has 8 nitrogen and oxygen atoms in total. The molecule has 1 N–H and O–H groups in total. The van der Waals surface area contributed by atoms with E-state index in [-0.39, 0.29) is 23.3 Å². The predicted octanol–water partition coefficient (Wildman–Crippen LogP) is 5.58. The van der Waals surface area contributed by atoms with Crippen LogP contribution in [0.15, 0.2) is 88.7 Å². The molecule has 1 atom stereocenters. The lowest BCUT2D eigenvalue weighted by Crippen LogP contribution is -2.52. The third kappa shape index (κ3) is 8.75. The van der Waals surface area contributed by atoms with E-state index in [2.05, 4.69) is 5.32 Å². The van der Waals surface area contributed by atoms with Gasteiger partial charge in [-0.1, -0.05) is 51.1 Å². The summed E-state index contributed by atoms with van der Waals surface area (Å²) in [4.78, 5) is 29.9. The fraction of sp³-hybridized carbons (Fsp3) is 0.375. The third-order valence-electron chi connectivity index (χ3n) is 6.63. The maximum Gasteiger partial charge on any atom is 0.264 e. The average molecular weight is 612 g/mol. The van der Waals surface area contributed by atoms with Crippen LogP contribution in [-0.4, -0.2) is 57.1 Å². The number of thioether (sulfide) groups is 1. The lowest BCUT2D eigenvalue weighted by Gasteiger charge is -2.33. The van der Waals surface area contributed by atoms with Crippen LogP contribution in [0, 0.1) is 5.92 Å². The van der Waals surface area contributed by atoms with Crippen LogP contribution in [0.1, 0.15) is 39.7 Å². The highest BCUT2D eigenvalue weighted by Crippen LogP contribution is 2.28. The summed E-state index contributed by atoms with van der Waals surface area (Å²) in [6.07, 6.45) is 2.28. The van der Waals surface area contributed by atoms with Gasteiger partial charge in [0.05, 0.1) is 17.2 Å². The van der Waals surface area contributed by atoms with Crippen molar-refractivity contribution >= 4 is 39.3 Å². The molecule has 10 heteroatoms. The van der Waals surface area contributed by atoms with Crippen LogP contribution in [0.2, 0.25) is 0 Å². The normalized spacial score (nSPS) is 12.0. The van der Waals surface area contributed by atoms with Crippen molar-refractivity contribution < 1.29 is 22.7 Å². The average Bonchev–Trinajstić information content (AvgIpc) is 2.99. The molecule has 0 aliphatic heterocycles. The number of hydrogen-bond donors (Lipinski definition) is 1. The second-order valence-electron chi connectivity index (χ2n) is 10.2. The zero-order valence-electron chi connectivity index (χ0n) is 24.9. The van der Waals surface area contributed by atoms with Crippen molar-refractivity contribution in [1.29, 1.82) is 0 Å². The number of carbonyl (C=O) groups excluding carboxylic acids is 2. The molecule has 42 heavy (non-hydrogen) atoms. The highest BCUT2D eigenvalue weighted by atomic mass is 32.2. The molecule has 0 aliphatic rings. The SMILES string of the molecule is CCOc1ccc(N(CC(=O)N(Cc2ccccc2)C(CC)C(=O)NCC(C)C)S(=O)(=O)c2ccc(SC)cc2)cc1. The highest BCUT2D eigenvalue weighted by Gasteiger charge is 2.33. The zero-order valence-corrected chi connectivity index (χ0v) is 26.6. The van der Waals surface area contributed by atoms with E-state index in [9.17, 15) is 18.0 Å². The largest absolute Gasteiger partial charge is 0.494 e. The van der Waals surface area contributed by atoms with Crippen LogP contribution in [0.4, 0.5) is 5.69 Å². The van der Waals surface area contributed by atoms with Crippen LogP contribution in [0.3, 0.4) is 0 Å². The van der Waals surface area contributed by atoms with Gasteiger partial charge in [-0.25, -0.2) is 8.42 Å². The maximum absolute atomic E-state index is 14.1. The lowest BCUT2D eigenvalue weighted by atomic mass is 10.1. The summed E-state index contributed by atoms with van der Waals surface area (Å²) in [6, 6.07) is 21.8. The summed E-state index contributed by atoms with van der Waals surface area (Å²) in [7, 11) is -4.14. The van der Waals surface area contributed by atoms with Gasteiger partial charge in [-0.05, 0) is 79.6 Å². The Bertz CT molecular complexity index is 1400. The van der Waals surface area contributed by atoms with Crippen molar-refractivity contribution in [3.8, 4) is 5.75 Å². The minimum absolute atomic E-state index is 0.0679. The number of anilines is 1. The van der Waals surface area contributed by atoms with Gasteiger partial charge in [-0.15, -0.1) is 11.8 Å². The second-order valence-corrected chi connectivity index (χ2v) is 12.9. The van der Waals surface area contributed by atoms with Crippen LogP contribution in [0.5, 0.6) is 5.75 Å². The quantitative estimate of drug-likeness (QED) is 0.226. The number of nitrogens with one attached hydrogen (secondary N) is 1. The number of carbonyl (C=O) groups is 2. The minimum Gasteiger partial charge on any atom is -0.494 e. The Kier molecular flexibility index (Phi) is 12.3. The van der Waals surface area contributed by atoms with Gasteiger partial charge in [0.25, 0.3) is 10.0 Å². The number of rotatable bonds is 15. The fourth-order valence-electron chi connectivity index (χ4n) is 4.40. The van der Waals surface area contributed by atoms with Gasteiger partial charge in [0.2, 0.25) is 11.8 Å². The molecule has 0 fully saturated rings. The second kappa shape index (κ2) is 15.7. The molecule has 3 aromatic rings. The molecule has 0 saturated carbocycles. The van der Waals surface area contributed by atoms with Crippen molar-refractivity contribution in [3.63, 3.8) is 0 Å². The smallest absolute Gasteiger partial charge is 0.264 e. The van der Waals surface area contributed by atoms with Crippen molar-refractivity contribution in [3.05, 3.63) is 84.4 Å².